The van der Waals surface area contributed by atoms with Crippen LogP contribution in [0.15, 0.2) is 42.2 Å². The van der Waals surface area contributed by atoms with Crippen molar-refractivity contribution in [3.8, 4) is 11.5 Å². The zero-order chi connectivity index (χ0) is 22.2. The summed E-state index contributed by atoms with van der Waals surface area (Å²) in [6.07, 6.45) is 0.751. The summed E-state index contributed by atoms with van der Waals surface area (Å²) in [5.74, 6) is 1.12. The Morgan fingerprint density at radius 3 is 2.75 bits per heavy atom. The van der Waals surface area contributed by atoms with E-state index in [9.17, 15) is 9.59 Å². The van der Waals surface area contributed by atoms with Crippen molar-refractivity contribution in [2.24, 2.45) is 0 Å². The summed E-state index contributed by atoms with van der Waals surface area (Å²) in [6.45, 7) is 2.55. The zero-order valence-electron chi connectivity index (χ0n) is 17.5. The Labute approximate surface area is 183 Å². The van der Waals surface area contributed by atoms with Gasteiger partial charge in [0.1, 0.15) is 11.5 Å². The Bertz CT molecular complexity index is 1240. The number of ether oxygens (including phenoxy) is 2. The molecule has 1 aromatic heterocycles. The summed E-state index contributed by atoms with van der Waals surface area (Å²) in [6, 6.07) is 11.2. The number of para-hydroxylation sites is 1. The quantitative estimate of drug-likeness (QED) is 0.608. The first-order valence-electron chi connectivity index (χ1n) is 10.3. The Morgan fingerprint density at radius 2 is 2.00 bits per heavy atom. The molecular weight excluding hydrogens is 412 g/mol. The summed E-state index contributed by atoms with van der Waals surface area (Å²) in [5, 5.41) is 17.3. The minimum Gasteiger partial charge on any atom is -0.496 e. The van der Waals surface area contributed by atoms with Crippen molar-refractivity contribution in [3.63, 3.8) is 0 Å². The Hall–Kier alpha value is -3.85. The maximum atomic E-state index is 13.1. The molecule has 3 heterocycles. The lowest BCUT2D eigenvalue weighted by Gasteiger charge is -2.33. The minimum atomic E-state index is -0.905. The molecule has 2 N–H and O–H groups in total. The molecule has 0 radical (unpaired) electrons. The van der Waals surface area contributed by atoms with Gasteiger partial charge in [0, 0.05) is 44.2 Å². The SMILES string of the molecule is COc1ccc2c(c1CN1CCN(C(=O)O)CC1)O/C(=C\c1n[nH]c3ccccc13)C2=O. The molecule has 2 aromatic carbocycles. The average molecular weight is 434 g/mol. The number of aromatic nitrogens is 2. The fraction of sp³-hybridized carbons (Fsp3) is 0.261. The van der Waals surface area contributed by atoms with Gasteiger partial charge in [-0.1, -0.05) is 18.2 Å². The number of carbonyl (C=O) groups is 2. The second-order valence-electron chi connectivity index (χ2n) is 7.76. The standard InChI is InChI=1S/C23H22N4O5/c1-31-19-7-6-15-21(28)20(12-18-14-4-2-3-5-17(14)24-25-18)32-22(15)16(19)13-26-8-10-27(11-9-26)23(29)30/h2-7,12H,8-11,13H2,1H3,(H,24,25)(H,29,30)/b20-12-. The summed E-state index contributed by atoms with van der Waals surface area (Å²) in [7, 11) is 1.58. The molecule has 3 aromatic rings. The summed E-state index contributed by atoms with van der Waals surface area (Å²) in [4.78, 5) is 27.8. The number of piperazine rings is 1. The second-order valence-corrected chi connectivity index (χ2v) is 7.76. The van der Waals surface area contributed by atoms with Crippen LogP contribution in [0, 0.1) is 0 Å². The van der Waals surface area contributed by atoms with Crippen LogP contribution in [-0.4, -0.2) is 70.3 Å². The molecule has 1 amide bonds. The van der Waals surface area contributed by atoms with E-state index in [2.05, 4.69) is 15.1 Å². The molecule has 0 unspecified atom stereocenters. The highest BCUT2D eigenvalue weighted by atomic mass is 16.5. The number of carbonyl (C=O) groups excluding carboxylic acids is 1. The monoisotopic (exact) mass is 434 g/mol. The van der Waals surface area contributed by atoms with E-state index in [1.54, 1.807) is 25.3 Å². The molecule has 0 aliphatic carbocycles. The van der Waals surface area contributed by atoms with Crippen LogP contribution in [0.4, 0.5) is 4.79 Å². The normalized spacial score (nSPS) is 17.6. The maximum absolute atomic E-state index is 13.1. The molecule has 5 rings (SSSR count). The maximum Gasteiger partial charge on any atom is 0.407 e. The predicted octanol–water partition coefficient (Wildman–Crippen LogP) is 2.98. The van der Waals surface area contributed by atoms with E-state index in [4.69, 9.17) is 14.6 Å². The number of Topliss-reactive ketones (excluding diaryl/α,β-unsaturated/α-hetero) is 1. The van der Waals surface area contributed by atoms with Crippen LogP contribution in [0.25, 0.3) is 17.0 Å². The van der Waals surface area contributed by atoms with E-state index in [0.717, 1.165) is 16.5 Å². The molecule has 0 bridgehead atoms. The van der Waals surface area contributed by atoms with Crippen LogP contribution >= 0.6 is 0 Å². The van der Waals surface area contributed by atoms with Gasteiger partial charge in [-0.25, -0.2) is 4.79 Å². The van der Waals surface area contributed by atoms with Crippen LogP contribution in [0.3, 0.4) is 0 Å². The lowest BCUT2D eigenvalue weighted by molar-refractivity contribution is 0.101. The van der Waals surface area contributed by atoms with Gasteiger partial charge in [-0.05, 0) is 18.2 Å². The number of methoxy groups -OCH3 is 1. The largest absolute Gasteiger partial charge is 0.496 e. The summed E-state index contributed by atoms with van der Waals surface area (Å²) >= 11 is 0. The number of amides is 1. The fourth-order valence-corrected chi connectivity index (χ4v) is 4.17. The molecule has 0 atom stereocenters. The highest BCUT2D eigenvalue weighted by molar-refractivity contribution is 6.15. The van der Waals surface area contributed by atoms with Gasteiger partial charge in [-0.15, -0.1) is 0 Å². The minimum absolute atomic E-state index is 0.202. The molecule has 9 nitrogen and oxygen atoms in total. The first kappa shape index (κ1) is 20.1. The third kappa shape index (κ3) is 3.46. The van der Waals surface area contributed by atoms with Gasteiger partial charge in [-0.3, -0.25) is 14.8 Å². The molecule has 0 spiro atoms. The highest BCUT2D eigenvalue weighted by Gasteiger charge is 2.33. The van der Waals surface area contributed by atoms with E-state index in [0.29, 0.717) is 55.5 Å². The number of fused-ring (bicyclic) bond motifs is 2. The van der Waals surface area contributed by atoms with Gasteiger partial charge in [0.2, 0.25) is 5.78 Å². The van der Waals surface area contributed by atoms with Gasteiger partial charge in [0.25, 0.3) is 0 Å². The van der Waals surface area contributed by atoms with Crippen LogP contribution in [0.5, 0.6) is 11.5 Å². The number of hydrogen-bond acceptors (Lipinski definition) is 6. The number of allylic oxidation sites excluding steroid dienone is 1. The van der Waals surface area contributed by atoms with Crippen LogP contribution in [-0.2, 0) is 6.54 Å². The van der Waals surface area contributed by atoms with Crippen molar-refractivity contribution in [3.05, 3.63) is 59.0 Å². The summed E-state index contributed by atoms with van der Waals surface area (Å²) in [5.41, 5.74) is 2.77. The third-order valence-corrected chi connectivity index (χ3v) is 5.91. The van der Waals surface area contributed by atoms with E-state index >= 15 is 0 Å². The van der Waals surface area contributed by atoms with E-state index in [1.165, 1.54) is 4.90 Å². The van der Waals surface area contributed by atoms with Crippen LogP contribution in [0.1, 0.15) is 21.6 Å². The van der Waals surface area contributed by atoms with E-state index in [1.807, 2.05) is 24.3 Å². The van der Waals surface area contributed by atoms with Gasteiger partial charge in [0.15, 0.2) is 5.76 Å². The first-order chi connectivity index (χ1) is 15.5. The zero-order valence-corrected chi connectivity index (χ0v) is 17.5. The molecule has 1 saturated heterocycles. The lowest BCUT2D eigenvalue weighted by Crippen LogP contribution is -2.47. The average Bonchev–Trinajstić information content (AvgIpc) is 3.36. The Kier molecular flexibility index (Phi) is 5.02. The molecule has 2 aliphatic heterocycles. The van der Waals surface area contributed by atoms with Gasteiger partial charge < -0.3 is 19.5 Å². The van der Waals surface area contributed by atoms with Crippen LogP contribution in [0.2, 0.25) is 0 Å². The van der Waals surface area contributed by atoms with E-state index < -0.39 is 6.09 Å². The third-order valence-electron chi connectivity index (χ3n) is 5.91. The number of rotatable bonds is 4. The van der Waals surface area contributed by atoms with Crippen molar-refractivity contribution < 1.29 is 24.2 Å². The number of aromatic amines is 1. The molecular formula is C23H22N4O5. The second kappa shape index (κ2) is 8.01. The van der Waals surface area contributed by atoms with Crippen molar-refractivity contribution in [1.82, 2.24) is 20.0 Å². The molecule has 9 heteroatoms. The Morgan fingerprint density at radius 1 is 1.22 bits per heavy atom. The molecule has 0 saturated carbocycles. The molecule has 164 valence electrons. The number of hydrogen-bond donors (Lipinski definition) is 2. The summed E-state index contributed by atoms with van der Waals surface area (Å²) < 4.78 is 11.6. The van der Waals surface area contributed by atoms with E-state index in [-0.39, 0.29) is 11.5 Å². The van der Waals surface area contributed by atoms with Crippen molar-refractivity contribution in [1.29, 1.82) is 0 Å². The van der Waals surface area contributed by atoms with Crippen molar-refractivity contribution in [2.45, 2.75) is 6.54 Å². The Balaban J connectivity index is 1.44. The number of nitrogens with one attached hydrogen (secondary N) is 1. The number of benzene rings is 2. The van der Waals surface area contributed by atoms with Crippen LogP contribution < -0.4 is 9.47 Å². The number of nitrogens with zero attached hydrogens (tertiary/aromatic N) is 3. The van der Waals surface area contributed by atoms with Gasteiger partial charge in [-0.2, -0.15) is 5.10 Å². The first-order valence-corrected chi connectivity index (χ1v) is 10.3. The van der Waals surface area contributed by atoms with Gasteiger partial charge >= 0.3 is 6.09 Å². The smallest absolute Gasteiger partial charge is 0.407 e. The fourth-order valence-electron chi connectivity index (χ4n) is 4.17. The van der Waals surface area contributed by atoms with Crippen molar-refractivity contribution in [2.75, 3.05) is 33.3 Å². The molecule has 1 fully saturated rings. The molecule has 2 aliphatic rings. The number of H-pyrrole nitrogens is 1. The topological polar surface area (TPSA) is 108 Å². The van der Waals surface area contributed by atoms with Crippen molar-refractivity contribution >= 4 is 28.9 Å². The predicted molar refractivity (Wildman–Crippen MR) is 117 cm³/mol. The lowest BCUT2D eigenvalue weighted by atomic mass is 10.0. The number of carboxylic acid groups (broad SMARTS) is 1. The highest BCUT2D eigenvalue weighted by Crippen LogP contribution is 2.40. The van der Waals surface area contributed by atoms with Gasteiger partial charge in [0.05, 0.1) is 29.4 Å². The molecule has 32 heavy (non-hydrogen) atoms. The number of ketones is 1.